The summed E-state index contributed by atoms with van der Waals surface area (Å²) in [5.74, 6) is 1.49. The fraction of sp³-hybridized carbons (Fsp3) is 0.667. The third-order valence-electron chi connectivity index (χ3n) is 2.42. The minimum atomic E-state index is 0.380. The molecule has 4 nitrogen and oxygen atoms in total. The maximum atomic E-state index is 6.00. The monoisotopic (exact) mass is 257 g/mol. The molecule has 0 unspecified atom stereocenters. The zero-order chi connectivity index (χ0) is 12.8. The Balaban J connectivity index is 2.94. The predicted octanol–water partition coefficient (Wildman–Crippen LogP) is 2.90. The zero-order valence-corrected chi connectivity index (χ0v) is 11.7. The van der Waals surface area contributed by atoms with E-state index in [4.69, 9.17) is 16.3 Å². The lowest BCUT2D eigenvalue weighted by Crippen LogP contribution is -2.31. The van der Waals surface area contributed by atoms with Gasteiger partial charge in [-0.2, -0.15) is 0 Å². The van der Waals surface area contributed by atoms with Gasteiger partial charge in [-0.3, -0.25) is 0 Å². The molecule has 17 heavy (non-hydrogen) atoms. The second-order valence-corrected chi connectivity index (χ2v) is 4.37. The van der Waals surface area contributed by atoms with Gasteiger partial charge in [0.2, 0.25) is 0 Å². The normalized spacial score (nSPS) is 10.9. The predicted molar refractivity (Wildman–Crippen MR) is 70.5 cm³/mol. The highest BCUT2D eigenvalue weighted by Crippen LogP contribution is 2.18. The summed E-state index contributed by atoms with van der Waals surface area (Å²) in [7, 11) is 0. The van der Waals surface area contributed by atoms with Crippen LogP contribution in [0.4, 0.5) is 5.82 Å². The minimum Gasteiger partial charge on any atom is -0.374 e. The number of ether oxygens (including phenoxy) is 1. The van der Waals surface area contributed by atoms with Gasteiger partial charge in [-0.05, 0) is 27.7 Å². The summed E-state index contributed by atoms with van der Waals surface area (Å²) < 4.78 is 5.30. The molecular weight excluding hydrogens is 238 g/mol. The van der Waals surface area contributed by atoms with Crippen LogP contribution >= 0.6 is 11.6 Å². The van der Waals surface area contributed by atoms with Crippen LogP contribution in [0.3, 0.4) is 0 Å². The topological polar surface area (TPSA) is 38.2 Å². The van der Waals surface area contributed by atoms with Gasteiger partial charge in [0.1, 0.15) is 17.6 Å². The van der Waals surface area contributed by atoms with E-state index in [1.54, 1.807) is 6.07 Å². The molecule has 1 aromatic heterocycles. The number of hydrogen-bond acceptors (Lipinski definition) is 4. The fourth-order valence-corrected chi connectivity index (χ4v) is 1.84. The molecule has 0 aliphatic heterocycles. The molecule has 0 amide bonds. The van der Waals surface area contributed by atoms with Crippen molar-refractivity contribution in [2.75, 3.05) is 18.1 Å². The third kappa shape index (κ3) is 4.13. The van der Waals surface area contributed by atoms with Gasteiger partial charge in [0, 0.05) is 25.3 Å². The number of halogens is 1. The molecule has 0 N–H and O–H groups in total. The summed E-state index contributed by atoms with van der Waals surface area (Å²) in [4.78, 5) is 10.8. The van der Waals surface area contributed by atoms with E-state index in [0.717, 1.165) is 12.4 Å². The Labute approximate surface area is 108 Å². The molecule has 0 fully saturated rings. The molecular formula is C12H20ClN3O. The average Bonchev–Trinajstić information content (AvgIpc) is 2.26. The second kappa shape index (κ2) is 6.77. The summed E-state index contributed by atoms with van der Waals surface area (Å²) in [6, 6.07) is 2.17. The Hall–Kier alpha value is -0.870. The minimum absolute atomic E-state index is 0.380. The van der Waals surface area contributed by atoms with Crippen LogP contribution < -0.4 is 4.90 Å². The lowest BCUT2D eigenvalue weighted by molar-refractivity contribution is 0.128. The van der Waals surface area contributed by atoms with E-state index in [1.165, 1.54) is 0 Å². The van der Waals surface area contributed by atoms with Crippen LogP contribution in [0.5, 0.6) is 0 Å². The van der Waals surface area contributed by atoms with Gasteiger partial charge < -0.3 is 9.64 Å². The fourth-order valence-electron chi connectivity index (χ4n) is 1.65. The zero-order valence-electron chi connectivity index (χ0n) is 10.9. The highest BCUT2D eigenvalue weighted by Gasteiger charge is 2.12. The van der Waals surface area contributed by atoms with Gasteiger partial charge in [0.15, 0.2) is 5.82 Å². The standard InChI is InChI=1S/C12H20ClN3O/c1-5-16(9(3)4)12-7-10(13)14-11(15-12)8-17-6-2/h7,9H,5-6,8H2,1-4H3. The van der Waals surface area contributed by atoms with Gasteiger partial charge in [-0.1, -0.05) is 11.6 Å². The Morgan fingerprint density at radius 3 is 2.59 bits per heavy atom. The van der Waals surface area contributed by atoms with Crippen LogP contribution in [0.1, 0.15) is 33.5 Å². The highest BCUT2D eigenvalue weighted by atomic mass is 35.5. The second-order valence-electron chi connectivity index (χ2n) is 3.98. The molecule has 0 saturated heterocycles. The smallest absolute Gasteiger partial charge is 0.158 e. The molecule has 5 heteroatoms. The molecule has 0 spiro atoms. The molecule has 0 aliphatic carbocycles. The molecule has 0 aromatic carbocycles. The number of rotatable bonds is 6. The Bertz CT molecular complexity index is 358. The van der Waals surface area contributed by atoms with Crippen molar-refractivity contribution < 1.29 is 4.74 Å². The van der Waals surface area contributed by atoms with Crippen LogP contribution in [0, 0.1) is 0 Å². The molecule has 1 rings (SSSR count). The maximum absolute atomic E-state index is 6.00. The van der Waals surface area contributed by atoms with Crippen molar-refractivity contribution in [3.05, 3.63) is 17.0 Å². The van der Waals surface area contributed by atoms with E-state index in [9.17, 15) is 0 Å². The summed E-state index contributed by atoms with van der Waals surface area (Å²) >= 11 is 6.00. The molecule has 0 aliphatic rings. The quantitative estimate of drug-likeness (QED) is 0.735. The molecule has 0 radical (unpaired) electrons. The van der Waals surface area contributed by atoms with Gasteiger partial charge in [-0.25, -0.2) is 9.97 Å². The molecule has 0 bridgehead atoms. The van der Waals surface area contributed by atoms with Crippen LogP contribution in [0.2, 0.25) is 5.15 Å². The van der Waals surface area contributed by atoms with Crippen molar-refractivity contribution in [1.29, 1.82) is 0 Å². The third-order valence-corrected chi connectivity index (χ3v) is 2.61. The van der Waals surface area contributed by atoms with Crippen molar-refractivity contribution in [3.63, 3.8) is 0 Å². The van der Waals surface area contributed by atoms with Gasteiger partial charge in [-0.15, -0.1) is 0 Å². The van der Waals surface area contributed by atoms with E-state index in [2.05, 4.69) is 35.6 Å². The van der Waals surface area contributed by atoms with Crippen LogP contribution in [0.15, 0.2) is 6.07 Å². The van der Waals surface area contributed by atoms with Crippen LogP contribution in [0.25, 0.3) is 0 Å². The van der Waals surface area contributed by atoms with Crippen LogP contribution in [-0.4, -0.2) is 29.2 Å². The first-order valence-corrected chi connectivity index (χ1v) is 6.34. The van der Waals surface area contributed by atoms with E-state index < -0.39 is 0 Å². The molecule has 1 heterocycles. The Morgan fingerprint density at radius 2 is 2.06 bits per heavy atom. The largest absolute Gasteiger partial charge is 0.374 e. The lowest BCUT2D eigenvalue weighted by atomic mass is 10.3. The molecule has 0 atom stereocenters. The number of aromatic nitrogens is 2. The van der Waals surface area contributed by atoms with Crippen molar-refractivity contribution in [2.45, 2.75) is 40.3 Å². The molecule has 1 aromatic rings. The summed E-state index contributed by atoms with van der Waals surface area (Å²) in [5, 5.41) is 0.462. The van der Waals surface area contributed by atoms with Gasteiger partial charge >= 0.3 is 0 Å². The van der Waals surface area contributed by atoms with E-state index in [0.29, 0.717) is 30.2 Å². The Kier molecular flexibility index (Phi) is 5.65. The van der Waals surface area contributed by atoms with Gasteiger partial charge in [0.25, 0.3) is 0 Å². The van der Waals surface area contributed by atoms with Crippen molar-refractivity contribution in [2.24, 2.45) is 0 Å². The maximum Gasteiger partial charge on any atom is 0.158 e. The number of hydrogen-bond donors (Lipinski definition) is 0. The average molecular weight is 258 g/mol. The van der Waals surface area contributed by atoms with Crippen LogP contribution in [-0.2, 0) is 11.3 Å². The first-order valence-electron chi connectivity index (χ1n) is 5.96. The summed E-state index contributed by atoms with van der Waals surface area (Å²) in [6.07, 6.45) is 0. The van der Waals surface area contributed by atoms with Crippen molar-refractivity contribution in [3.8, 4) is 0 Å². The summed E-state index contributed by atoms with van der Waals surface area (Å²) in [6.45, 7) is 10.2. The SMILES string of the molecule is CCOCc1nc(Cl)cc(N(CC)C(C)C)n1. The van der Waals surface area contributed by atoms with E-state index in [1.807, 2.05) is 6.92 Å². The summed E-state index contributed by atoms with van der Waals surface area (Å²) in [5.41, 5.74) is 0. The van der Waals surface area contributed by atoms with Crippen molar-refractivity contribution in [1.82, 2.24) is 9.97 Å². The first-order chi connectivity index (χ1) is 8.08. The van der Waals surface area contributed by atoms with E-state index in [-0.39, 0.29) is 0 Å². The van der Waals surface area contributed by atoms with E-state index >= 15 is 0 Å². The van der Waals surface area contributed by atoms with Crippen molar-refractivity contribution >= 4 is 17.4 Å². The first kappa shape index (κ1) is 14.2. The highest BCUT2D eigenvalue weighted by molar-refractivity contribution is 6.29. The Morgan fingerprint density at radius 1 is 1.35 bits per heavy atom. The lowest BCUT2D eigenvalue weighted by Gasteiger charge is -2.26. The number of anilines is 1. The number of nitrogens with zero attached hydrogens (tertiary/aromatic N) is 3. The molecule has 0 saturated carbocycles. The van der Waals surface area contributed by atoms with Gasteiger partial charge in [0.05, 0.1) is 0 Å². The molecule has 96 valence electrons.